The van der Waals surface area contributed by atoms with Crippen LogP contribution in [0.15, 0.2) is 48.5 Å². The third-order valence-corrected chi connectivity index (χ3v) is 4.09. The molecule has 0 aliphatic rings. The number of anilines is 1. The Labute approximate surface area is 161 Å². The molecule has 0 saturated carbocycles. The molecule has 2 aromatic carbocycles. The fraction of sp³-hybridized carbons (Fsp3) is 0.333. The molecule has 0 unspecified atom stereocenters. The number of rotatable bonds is 8. The fourth-order valence-corrected chi connectivity index (χ4v) is 2.69. The number of unbranched alkanes of at least 4 members (excludes halogenated alkanes) is 3. The van der Waals surface area contributed by atoms with Gasteiger partial charge < -0.3 is 10.1 Å². The van der Waals surface area contributed by atoms with E-state index in [2.05, 4.69) is 17.6 Å². The first-order chi connectivity index (χ1) is 12.6. The maximum atomic E-state index is 12.3. The first-order valence-corrected chi connectivity index (χ1v) is 9.41. The highest BCUT2D eigenvalue weighted by atomic mass is 32.1. The summed E-state index contributed by atoms with van der Waals surface area (Å²) in [5, 5.41) is 5.98. The van der Waals surface area contributed by atoms with Crippen molar-refractivity contribution in [3.8, 4) is 5.75 Å². The van der Waals surface area contributed by atoms with E-state index in [4.69, 9.17) is 17.0 Å². The lowest BCUT2D eigenvalue weighted by Gasteiger charge is -2.11. The summed E-state index contributed by atoms with van der Waals surface area (Å²) in [7, 11) is 0. The van der Waals surface area contributed by atoms with Gasteiger partial charge in [0.25, 0.3) is 5.91 Å². The van der Waals surface area contributed by atoms with Crippen LogP contribution in [-0.4, -0.2) is 17.6 Å². The lowest BCUT2D eigenvalue weighted by Crippen LogP contribution is -2.34. The van der Waals surface area contributed by atoms with Crippen LogP contribution in [0.2, 0.25) is 0 Å². The van der Waals surface area contributed by atoms with Crippen LogP contribution in [0.3, 0.4) is 0 Å². The molecule has 2 aromatic rings. The molecule has 0 aliphatic carbocycles. The number of thiocarbonyl (C=S) groups is 1. The van der Waals surface area contributed by atoms with Crippen molar-refractivity contribution in [3.05, 3.63) is 59.7 Å². The topological polar surface area (TPSA) is 50.4 Å². The van der Waals surface area contributed by atoms with E-state index in [1.165, 1.54) is 19.3 Å². The monoisotopic (exact) mass is 370 g/mol. The van der Waals surface area contributed by atoms with Gasteiger partial charge in [0.1, 0.15) is 5.75 Å². The van der Waals surface area contributed by atoms with Gasteiger partial charge in [-0.2, -0.15) is 0 Å². The highest BCUT2D eigenvalue weighted by Gasteiger charge is 2.08. The molecule has 0 aromatic heterocycles. The Morgan fingerprint density at radius 2 is 1.85 bits per heavy atom. The van der Waals surface area contributed by atoms with E-state index in [0.717, 1.165) is 23.4 Å². The zero-order chi connectivity index (χ0) is 18.8. The number of hydrogen-bond donors (Lipinski definition) is 2. The minimum atomic E-state index is -0.246. The van der Waals surface area contributed by atoms with Crippen LogP contribution in [0.25, 0.3) is 0 Å². The predicted octanol–water partition coefficient (Wildman–Crippen LogP) is 5.08. The van der Waals surface area contributed by atoms with Crippen LogP contribution < -0.4 is 15.4 Å². The second-order valence-electron chi connectivity index (χ2n) is 6.21. The molecule has 138 valence electrons. The van der Waals surface area contributed by atoms with Crippen molar-refractivity contribution in [1.29, 1.82) is 0 Å². The number of benzene rings is 2. The van der Waals surface area contributed by atoms with Crippen LogP contribution >= 0.6 is 12.2 Å². The molecule has 0 saturated heterocycles. The van der Waals surface area contributed by atoms with Crippen molar-refractivity contribution in [1.82, 2.24) is 5.32 Å². The van der Waals surface area contributed by atoms with Gasteiger partial charge in [-0.1, -0.05) is 38.3 Å². The quantitative estimate of drug-likeness (QED) is 0.502. The number of aryl methyl sites for hydroxylation is 1. The summed E-state index contributed by atoms with van der Waals surface area (Å²) in [6.45, 7) is 4.89. The van der Waals surface area contributed by atoms with Gasteiger partial charge in [-0.05, 0) is 67.5 Å². The van der Waals surface area contributed by atoms with E-state index in [1.54, 1.807) is 12.1 Å². The summed E-state index contributed by atoms with van der Waals surface area (Å²) in [6.07, 6.45) is 4.68. The summed E-state index contributed by atoms with van der Waals surface area (Å²) in [5.74, 6) is 0.531. The van der Waals surface area contributed by atoms with Gasteiger partial charge in [-0.25, -0.2) is 0 Å². The summed E-state index contributed by atoms with van der Waals surface area (Å²) in [6, 6.07) is 14.9. The molecule has 26 heavy (non-hydrogen) atoms. The zero-order valence-corrected chi connectivity index (χ0v) is 16.2. The number of ether oxygens (including phenoxy) is 1. The molecule has 0 heterocycles. The van der Waals surface area contributed by atoms with Gasteiger partial charge in [0, 0.05) is 11.3 Å². The molecule has 0 radical (unpaired) electrons. The minimum absolute atomic E-state index is 0.246. The maximum Gasteiger partial charge on any atom is 0.257 e. The van der Waals surface area contributed by atoms with Crippen molar-refractivity contribution in [2.75, 3.05) is 11.9 Å². The largest absolute Gasteiger partial charge is 0.494 e. The highest BCUT2D eigenvalue weighted by Crippen LogP contribution is 2.13. The van der Waals surface area contributed by atoms with E-state index in [1.807, 2.05) is 43.3 Å². The van der Waals surface area contributed by atoms with Crippen molar-refractivity contribution < 1.29 is 9.53 Å². The Hall–Kier alpha value is -2.40. The Bertz CT molecular complexity index is 729. The Morgan fingerprint density at radius 1 is 1.08 bits per heavy atom. The molecule has 0 atom stereocenters. The van der Waals surface area contributed by atoms with Gasteiger partial charge in [0.15, 0.2) is 5.11 Å². The van der Waals surface area contributed by atoms with Gasteiger partial charge in [0.05, 0.1) is 6.61 Å². The summed E-state index contributed by atoms with van der Waals surface area (Å²) >= 11 is 5.21. The van der Waals surface area contributed by atoms with Gasteiger partial charge in [0.2, 0.25) is 0 Å². The average molecular weight is 371 g/mol. The van der Waals surface area contributed by atoms with Crippen molar-refractivity contribution in [2.45, 2.75) is 39.5 Å². The summed E-state index contributed by atoms with van der Waals surface area (Å²) in [5.41, 5.74) is 2.51. The Morgan fingerprint density at radius 3 is 2.54 bits per heavy atom. The van der Waals surface area contributed by atoms with E-state index < -0.39 is 0 Å². The molecular formula is C21H26N2O2S. The predicted molar refractivity (Wildman–Crippen MR) is 111 cm³/mol. The van der Waals surface area contributed by atoms with Crippen LogP contribution in [0.4, 0.5) is 5.69 Å². The molecule has 1 amide bonds. The first kappa shape index (κ1) is 19.9. The van der Waals surface area contributed by atoms with Crippen molar-refractivity contribution >= 4 is 28.9 Å². The molecule has 0 fully saturated rings. The van der Waals surface area contributed by atoms with Crippen LogP contribution in [-0.2, 0) is 0 Å². The van der Waals surface area contributed by atoms with E-state index >= 15 is 0 Å². The normalized spacial score (nSPS) is 10.2. The maximum absolute atomic E-state index is 12.3. The number of nitrogens with one attached hydrogen (secondary N) is 2. The standard InChI is InChI=1S/C21H26N2O2S/c1-3-4-5-6-14-25-19-12-10-17(11-13-19)20(24)23-21(26)22-18-9-7-8-16(2)15-18/h7-13,15H,3-6,14H2,1-2H3,(H2,22,23,24,26). The summed E-state index contributed by atoms with van der Waals surface area (Å²) in [4.78, 5) is 12.3. The molecule has 2 N–H and O–H groups in total. The van der Waals surface area contributed by atoms with Crippen LogP contribution in [0, 0.1) is 6.92 Å². The smallest absolute Gasteiger partial charge is 0.257 e. The molecule has 5 heteroatoms. The van der Waals surface area contributed by atoms with E-state index in [9.17, 15) is 4.79 Å². The second-order valence-corrected chi connectivity index (χ2v) is 6.62. The van der Waals surface area contributed by atoms with Crippen molar-refractivity contribution in [3.63, 3.8) is 0 Å². The molecular weight excluding hydrogens is 344 g/mol. The summed E-state index contributed by atoms with van der Waals surface area (Å²) < 4.78 is 5.69. The van der Waals surface area contributed by atoms with E-state index in [0.29, 0.717) is 12.2 Å². The molecule has 0 bridgehead atoms. The lowest BCUT2D eigenvalue weighted by atomic mass is 10.2. The second kappa shape index (κ2) is 10.6. The minimum Gasteiger partial charge on any atom is -0.494 e. The molecule has 4 nitrogen and oxygen atoms in total. The SMILES string of the molecule is CCCCCCOc1ccc(C(=O)NC(=S)Nc2cccc(C)c2)cc1. The van der Waals surface area contributed by atoms with Gasteiger partial charge in [-0.3, -0.25) is 10.1 Å². The number of amides is 1. The van der Waals surface area contributed by atoms with Crippen molar-refractivity contribution in [2.24, 2.45) is 0 Å². The molecule has 0 aliphatic heterocycles. The number of hydrogen-bond acceptors (Lipinski definition) is 3. The van der Waals surface area contributed by atoms with E-state index in [-0.39, 0.29) is 11.0 Å². The highest BCUT2D eigenvalue weighted by molar-refractivity contribution is 7.80. The molecule has 0 spiro atoms. The zero-order valence-electron chi connectivity index (χ0n) is 15.4. The third-order valence-electron chi connectivity index (χ3n) is 3.89. The van der Waals surface area contributed by atoms with Gasteiger partial charge >= 0.3 is 0 Å². The van der Waals surface area contributed by atoms with Crippen LogP contribution in [0.1, 0.15) is 48.5 Å². The first-order valence-electron chi connectivity index (χ1n) is 9.00. The molecule has 2 rings (SSSR count). The Kier molecular flexibility index (Phi) is 8.09. The number of carbonyl (C=O) groups excluding carboxylic acids is 1. The van der Waals surface area contributed by atoms with Crippen LogP contribution in [0.5, 0.6) is 5.75 Å². The Balaban J connectivity index is 1.80. The average Bonchev–Trinajstić information content (AvgIpc) is 2.62. The fourth-order valence-electron chi connectivity index (χ4n) is 2.48. The lowest BCUT2D eigenvalue weighted by molar-refractivity contribution is 0.0977. The number of carbonyl (C=O) groups is 1. The van der Waals surface area contributed by atoms with Gasteiger partial charge in [-0.15, -0.1) is 0 Å². The third kappa shape index (κ3) is 6.84.